The Balaban J connectivity index is 3.60. The summed E-state index contributed by atoms with van der Waals surface area (Å²) in [5.41, 5.74) is 0. The second-order valence-corrected chi connectivity index (χ2v) is 3.24. The molecule has 0 radical (unpaired) electrons. The molecule has 2 amide bonds. The van der Waals surface area contributed by atoms with Gasteiger partial charge < -0.3 is 15.7 Å². The summed E-state index contributed by atoms with van der Waals surface area (Å²) in [6.45, 7) is 1.97. The van der Waals surface area contributed by atoms with Crippen molar-refractivity contribution in [3.8, 4) is 0 Å². The fourth-order valence-electron chi connectivity index (χ4n) is 0.670. The van der Waals surface area contributed by atoms with E-state index in [0.717, 1.165) is 0 Å². The number of alkyl halides is 1. The molecule has 5 nitrogen and oxygen atoms in total. The molecule has 0 spiro atoms. The Morgan fingerprint density at radius 3 is 2.43 bits per heavy atom. The number of hydrogen-bond acceptors (Lipinski definition) is 3. The van der Waals surface area contributed by atoms with Crippen molar-refractivity contribution in [1.29, 1.82) is 0 Å². The summed E-state index contributed by atoms with van der Waals surface area (Å²) in [6, 6.07) is 0. The Morgan fingerprint density at radius 2 is 1.93 bits per heavy atom. The molecule has 0 aliphatic carbocycles. The molecule has 0 aromatic heterocycles. The topological polar surface area (TPSA) is 78.4 Å². The lowest BCUT2D eigenvalue weighted by atomic mass is 10.4. The largest absolute Gasteiger partial charge is 0.392 e. The Kier molecular flexibility index (Phi) is 7.14. The molecular weight excluding hydrogens is 208 g/mol. The third-order valence-electron chi connectivity index (χ3n) is 1.36. The number of hydrogen-bond donors (Lipinski definition) is 3. The molecule has 1 unspecified atom stereocenters. The Bertz CT molecular complexity index is 197. The average molecular weight is 223 g/mol. The molecule has 82 valence electrons. The highest BCUT2D eigenvalue weighted by molar-refractivity contribution is 6.35. The predicted molar refractivity (Wildman–Crippen MR) is 53.0 cm³/mol. The van der Waals surface area contributed by atoms with E-state index in [2.05, 4.69) is 10.6 Å². The van der Waals surface area contributed by atoms with E-state index in [0.29, 0.717) is 18.8 Å². The average Bonchev–Trinajstić information content (AvgIpc) is 2.14. The molecule has 0 rings (SSSR count). The maximum Gasteiger partial charge on any atom is 0.309 e. The number of rotatable bonds is 5. The van der Waals surface area contributed by atoms with Gasteiger partial charge in [-0.1, -0.05) is 0 Å². The lowest BCUT2D eigenvalue weighted by Gasteiger charge is -2.06. The number of aliphatic hydroxyl groups excluding tert-OH is 1. The summed E-state index contributed by atoms with van der Waals surface area (Å²) in [5.74, 6) is -0.994. The van der Waals surface area contributed by atoms with Gasteiger partial charge in [0.2, 0.25) is 0 Å². The predicted octanol–water partition coefficient (Wildman–Crippen LogP) is -0.771. The van der Waals surface area contributed by atoms with Crippen LogP contribution in [-0.2, 0) is 9.59 Å². The van der Waals surface area contributed by atoms with Crippen molar-refractivity contribution < 1.29 is 14.7 Å². The minimum Gasteiger partial charge on any atom is -0.392 e. The Morgan fingerprint density at radius 1 is 1.36 bits per heavy atom. The van der Waals surface area contributed by atoms with E-state index in [1.165, 1.54) is 6.92 Å². The van der Waals surface area contributed by atoms with Crippen molar-refractivity contribution in [2.75, 3.05) is 19.0 Å². The van der Waals surface area contributed by atoms with Gasteiger partial charge in [0.15, 0.2) is 0 Å². The number of halogens is 1. The van der Waals surface area contributed by atoms with Crippen molar-refractivity contribution in [3.63, 3.8) is 0 Å². The molecule has 0 saturated heterocycles. The van der Waals surface area contributed by atoms with Gasteiger partial charge in [-0.05, 0) is 13.3 Å². The van der Waals surface area contributed by atoms with Crippen molar-refractivity contribution in [2.24, 2.45) is 0 Å². The van der Waals surface area contributed by atoms with Gasteiger partial charge in [0.1, 0.15) is 0 Å². The minimum absolute atomic E-state index is 0.0712. The van der Waals surface area contributed by atoms with E-state index in [1.54, 1.807) is 0 Å². The molecular formula is C8H15ClN2O3. The molecule has 3 N–H and O–H groups in total. The summed E-state index contributed by atoms with van der Waals surface area (Å²) in [5, 5.41) is 13.5. The fraction of sp³-hybridized carbons (Fsp3) is 0.750. The first kappa shape index (κ1) is 13.2. The van der Waals surface area contributed by atoms with Crippen LogP contribution in [0, 0.1) is 0 Å². The SMILES string of the molecule is CC(O)CNC(=O)C(=O)NCCCCl. The van der Waals surface area contributed by atoms with Gasteiger partial charge in [-0.15, -0.1) is 11.6 Å². The number of nitrogens with one attached hydrogen (secondary N) is 2. The summed E-state index contributed by atoms with van der Waals surface area (Å²) < 4.78 is 0. The Hall–Kier alpha value is -0.810. The van der Waals surface area contributed by atoms with E-state index in [4.69, 9.17) is 16.7 Å². The summed E-state index contributed by atoms with van der Waals surface area (Å²) >= 11 is 5.38. The lowest BCUT2D eigenvalue weighted by Crippen LogP contribution is -2.42. The highest BCUT2D eigenvalue weighted by Crippen LogP contribution is 1.81. The zero-order valence-electron chi connectivity index (χ0n) is 8.05. The van der Waals surface area contributed by atoms with Crippen LogP contribution in [0.25, 0.3) is 0 Å². The number of carbonyl (C=O) groups is 2. The first-order valence-electron chi connectivity index (χ1n) is 4.38. The van der Waals surface area contributed by atoms with E-state index in [-0.39, 0.29) is 6.54 Å². The zero-order chi connectivity index (χ0) is 11.0. The molecule has 0 aliphatic rings. The zero-order valence-corrected chi connectivity index (χ0v) is 8.80. The van der Waals surface area contributed by atoms with Gasteiger partial charge in [-0.2, -0.15) is 0 Å². The maximum absolute atomic E-state index is 11.0. The monoisotopic (exact) mass is 222 g/mol. The van der Waals surface area contributed by atoms with Gasteiger partial charge in [0.05, 0.1) is 6.10 Å². The molecule has 6 heteroatoms. The molecule has 1 atom stereocenters. The van der Waals surface area contributed by atoms with Crippen LogP contribution in [0.1, 0.15) is 13.3 Å². The van der Waals surface area contributed by atoms with Crippen LogP contribution in [0.15, 0.2) is 0 Å². The highest BCUT2D eigenvalue weighted by Gasteiger charge is 2.12. The Labute approximate surface area is 87.8 Å². The molecule has 14 heavy (non-hydrogen) atoms. The molecule has 0 saturated carbocycles. The van der Waals surface area contributed by atoms with Crippen LogP contribution >= 0.6 is 11.6 Å². The van der Waals surface area contributed by atoms with Crippen molar-refractivity contribution in [2.45, 2.75) is 19.4 Å². The number of aliphatic hydroxyl groups is 1. The molecule has 0 bridgehead atoms. The van der Waals surface area contributed by atoms with Crippen LogP contribution < -0.4 is 10.6 Å². The quantitative estimate of drug-likeness (QED) is 0.325. The fourth-order valence-corrected chi connectivity index (χ4v) is 0.803. The van der Waals surface area contributed by atoms with Gasteiger partial charge in [-0.3, -0.25) is 9.59 Å². The standard InChI is InChI=1S/C8H15ClN2O3/c1-6(12)5-11-8(14)7(13)10-4-2-3-9/h6,12H,2-5H2,1H3,(H,10,13)(H,11,14). The smallest absolute Gasteiger partial charge is 0.309 e. The highest BCUT2D eigenvalue weighted by atomic mass is 35.5. The van der Waals surface area contributed by atoms with Gasteiger partial charge in [0.25, 0.3) is 0 Å². The van der Waals surface area contributed by atoms with Gasteiger partial charge >= 0.3 is 11.8 Å². The summed E-state index contributed by atoms with van der Waals surface area (Å²) in [6.07, 6.45) is -0.0358. The first-order chi connectivity index (χ1) is 6.57. The minimum atomic E-state index is -0.736. The lowest BCUT2D eigenvalue weighted by molar-refractivity contribution is -0.139. The molecule has 0 aromatic carbocycles. The third-order valence-corrected chi connectivity index (χ3v) is 1.63. The number of carbonyl (C=O) groups excluding carboxylic acids is 2. The normalized spacial score (nSPS) is 11.9. The van der Waals surface area contributed by atoms with Crippen LogP contribution in [-0.4, -0.2) is 42.0 Å². The van der Waals surface area contributed by atoms with E-state index >= 15 is 0 Å². The molecule has 0 aromatic rings. The summed E-state index contributed by atoms with van der Waals surface area (Å²) in [7, 11) is 0. The second-order valence-electron chi connectivity index (χ2n) is 2.86. The molecule has 0 heterocycles. The van der Waals surface area contributed by atoms with E-state index < -0.39 is 17.9 Å². The van der Waals surface area contributed by atoms with Crippen LogP contribution in [0.4, 0.5) is 0 Å². The van der Waals surface area contributed by atoms with Crippen molar-refractivity contribution >= 4 is 23.4 Å². The maximum atomic E-state index is 11.0. The third kappa shape index (κ3) is 6.68. The van der Waals surface area contributed by atoms with Crippen molar-refractivity contribution in [3.05, 3.63) is 0 Å². The van der Waals surface area contributed by atoms with E-state index in [9.17, 15) is 9.59 Å². The van der Waals surface area contributed by atoms with Crippen LogP contribution in [0.3, 0.4) is 0 Å². The number of amides is 2. The first-order valence-corrected chi connectivity index (χ1v) is 4.91. The van der Waals surface area contributed by atoms with Gasteiger partial charge in [0, 0.05) is 19.0 Å². The second kappa shape index (κ2) is 7.58. The summed E-state index contributed by atoms with van der Waals surface area (Å²) in [4.78, 5) is 22.0. The van der Waals surface area contributed by atoms with Crippen LogP contribution in [0.2, 0.25) is 0 Å². The molecule has 0 fully saturated rings. The van der Waals surface area contributed by atoms with E-state index in [1.807, 2.05) is 0 Å². The van der Waals surface area contributed by atoms with Gasteiger partial charge in [-0.25, -0.2) is 0 Å². The van der Waals surface area contributed by atoms with Crippen molar-refractivity contribution in [1.82, 2.24) is 10.6 Å². The van der Waals surface area contributed by atoms with Crippen LogP contribution in [0.5, 0.6) is 0 Å². The molecule has 0 aliphatic heterocycles.